The summed E-state index contributed by atoms with van der Waals surface area (Å²) in [5, 5.41) is 24.2. The first-order chi connectivity index (χ1) is 16.8. The molecule has 186 valence electrons. The molecule has 1 saturated heterocycles. The van der Waals surface area contributed by atoms with Gasteiger partial charge in [0.2, 0.25) is 0 Å². The van der Waals surface area contributed by atoms with E-state index in [9.17, 15) is 15.0 Å². The van der Waals surface area contributed by atoms with Crippen molar-refractivity contribution in [2.24, 2.45) is 17.8 Å². The van der Waals surface area contributed by atoms with E-state index in [1.807, 2.05) is 18.2 Å². The smallest absolute Gasteiger partial charge is 0.270 e. The van der Waals surface area contributed by atoms with Crippen molar-refractivity contribution in [2.75, 3.05) is 29.4 Å². The normalized spacial score (nSPS) is 33.7. The van der Waals surface area contributed by atoms with E-state index in [-0.39, 0.29) is 23.7 Å². The van der Waals surface area contributed by atoms with Crippen LogP contribution in [0.15, 0.2) is 36.4 Å². The number of benzene rings is 1. The maximum atomic E-state index is 13.2. The number of piperazine rings is 1. The molecular weight excluding hydrogens is 464 g/mol. The number of amides is 1. The zero-order chi connectivity index (χ0) is 24.3. The van der Waals surface area contributed by atoms with Gasteiger partial charge in [-0.05, 0) is 87.1 Å². The molecule has 3 atom stereocenters. The summed E-state index contributed by atoms with van der Waals surface area (Å²) < 4.78 is 0. The number of phenols is 1. The van der Waals surface area contributed by atoms with Gasteiger partial charge in [-0.15, -0.1) is 0 Å². The van der Waals surface area contributed by atoms with Gasteiger partial charge >= 0.3 is 0 Å². The first-order valence-electron chi connectivity index (χ1n) is 12.8. The van der Waals surface area contributed by atoms with Crippen molar-refractivity contribution >= 4 is 29.0 Å². The largest absolute Gasteiger partial charge is 0.506 e. The molecule has 35 heavy (non-hydrogen) atoms. The number of aliphatic hydroxyl groups is 1. The SMILES string of the molecule is CC1CN(c2ccc(O)c(Cl)c2)CCN1c1cccc(C(=O)NC2C3CC4CC2CC(O)(C4)C3)n1. The molecular formula is C27H33ClN4O3. The maximum absolute atomic E-state index is 13.2. The van der Waals surface area contributed by atoms with Crippen molar-refractivity contribution in [1.29, 1.82) is 0 Å². The van der Waals surface area contributed by atoms with Crippen LogP contribution in [0, 0.1) is 17.8 Å². The number of carbonyl (C=O) groups is 1. The number of nitrogens with one attached hydrogen (secondary N) is 1. The summed E-state index contributed by atoms with van der Waals surface area (Å²) in [6.07, 6.45) is 4.80. The molecule has 7 nitrogen and oxygen atoms in total. The number of hydrogen-bond donors (Lipinski definition) is 3. The molecule has 2 heterocycles. The lowest BCUT2D eigenvalue weighted by Crippen LogP contribution is -2.61. The van der Waals surface area contributed by atoms with Crippen LogP contribution in [0.2, 0.25) is 5.02 Å². The highest BCUT2D eigenvalue weighted by molar-refractivity contribution is 6.32. The van der Waals surface area contributed by atoms with Gasteiger partial charge < -0.3 is 25.3 Å². The van der Waals surface area contributed by atoms with Crippen LogP contribution >= 0.6 is 11.6 Å². The van der Waals surface area contributed by atoms with E-state index in [4.69, 9.17) is 16.6 Å². The Labute approximate surface area is 211 Å². The Hall–Kier alpha value is -2.51. The number of nitrogens with zero attached hydrogens (tertiary/aromatic N) is 3. The second-order valence-corrected chi connectivity index (χ2v) is 11.6. The van der Waals surface area contributed by atoms with Crippen molar-refractivity contribution in [3.8, 4) is 5.75 Å². The van der Waals surface area contributed by atoms with Crippen molar-refractivity contribution in [2.45, 2.75) is 56.7 Å². The first-order valence-corrected chi connectivity index (χ1v) is 13.2. The highest BCUT2D eigenvalue weighted by atomic mass is 35.5. The van der Waals surface area contributed by atoms with E-state index < -0.39 is 5.60 Å². The Morgan fingerprint density at radius 3 is 2.60 bits per heavy atom. The Morgan fingerprint density at radius 2 is 1.91 bits per heavy atom. The Kier molecular flexibility index (Phi) is 5.60. The number of carbonyl (C=O) groups excluding carboxylic acids is 1. The number of aromatic hydroxyl groups is 1. The quantitative estimate of drug-likeness (QED) is 0.596. The second-order valence-electron chi connectivity index (χ2n) is 11.2. The van der Waals surface area contributed by atoms with Gasteiger partial charge in [0, 0.05) is 37.4 Å². The summed E-state index contributed by atoms with van der Waals surface area (Å²) in [4.78, 5) is 22.5. The molecule has 1 aliphatic heterocycles. The maximum Gasteiger partial charge on any atom is 0.270 e. The Bertz CT molecular complexity index is 1130. The predicted molar refractivity (Wildman–Crippen MR) is 136 cm³/mol. The Balaban J connectivity index is 1.13. The second kappa shape index (κ2) is 8.56. The third kappa shape index (κ3) is 4.23. The average molecular weight is 497 g/mol. The summed E-state index contributed by atoms with van der Waals surface area (Å²) in [6, 6.07) is 11.3. The number of rotatable bonds is 4. The number of pyridine rings is 1. The van der Waals surface area contributed by atoms with Crippen molar-refractivity contribution in [1.82, 2.24) is 10.3 Å². The van der Waals surface area contributed by atoms with Gasteiger partial charge in [-0.3, -0.25) is 4.79 Å². The molecule has 4 saturated carbocycles. The molecule has 1 aromatic carbocycles. The lowest BCUT2D eigenvalue weighted by Gasteiger charge is -2.58. The molecule has 7 rings (SSSR count). The van der Waals surface area contributed by atoms with Crippen LogP contribution in [-0.4, -0.2) is 58.4 Å². The van der Waals surface area contributed by atoms with Crippen LogP contribution in [0.3, 0.4) is 0 Å². The van der Waals surface area contributed by atoms with E-state index >= 15 is 0 Å². The van der Waals surface area contributed by atoms with Crippen molar-refractivity contribution in [3.05, 3.63) is 47.1 Å². The molecule has 5 fully saturated rings. The highest BCUT2D eigenvalue weighted by Crippen LogP contribution is 2.55. The first kappa shape index (κ1) is 22.9. The lowest BCUT2D eigenvalue weighted by atomic mass is 9.52. The van der Waals surface area contributed by atoms with E-state index in [0.29, 0.717) is 28.5 Å². The van der Waals surface area contributed by atoms with Crippen LogP contribution in [0.25, 0.3) is 0 Å². The van der Waals surface area contributed by atoms with Gasteiger partial charge in [-0.25, -0.2) is 4.98 Å². The third-order valence-corrected chi connectivity index (χ3v) is 9.03. The van der Waals surface area contributed by atoms with Crippen LogP contribution in [-0.2, 0) is 0 Å². The number of phenolic OH excluding ortho intramolecular Hbond substituents is 1. The minimum absolute atomic E-state index is 0.0888. The minimum atomic E-state index is -0.500. The van der Waals surface area contributed by atoms with Gasteiger partial charge in [-0.2, -0.15) is 0 Å². The van der Waals surface area contributed by atoms with Crippen molar-refractivity contribution < 1.29 is 15.0 Å². The predicted octanol–water partition coefficient (Wildman–Crippen LogP) is 3.83. The molecule has 3 unspecified atom stereocenters. The zero-order valence-corrected chi connectivity index (χ0v) is 20.8. The molecule has 5 aliphatic rings. The monoisotopic (exact) mass is 496 g/mol. The average Bonchev–Trinajstić information content (AvgIpc) is 2.82. The standard InChI is InChI=1S/C27H33ClN4O3/c1-16-15-31(20-5-6-23(33)21(28)11-20)7-8-32(16)24-4-2-3-22(29-24)26(34)30-25-18-9-17-10-19(25)14-27(35,12-17)13-18/h2-6,11,16-19,25,33,35H,7-10,12-15H2,1H3,(H,30,34). The zero-order valence-electron chi connectivity index (χ0n) is 20.0. The molecule has 2 aromatic rings. The van der Waals surface area contributed by atoms with E-state index in [1.165, 1.54) is 0 Å². The van der Waals surface area contributed by atoms with Gasteiger partial charge in [0.05, 0.1) is 10.6 Å². The number of anilines is 2. The summed E-state index contributed by atoms with van der Waals surface area (Å²) >= 11 is 6.11. The number of hydrogen-bond acceptors (Lipinski definition) is 6. The van der Waals surface area contributed by atoms with E-state index in [0.717, 1.165) is 63.2 Å². The molecule has 0 spiro atoms. The van der Waals surface area contributed by atoms with Gasteiger partial charge in [-0.1, -0.05) is 17.7 Å². The molecule has 1 aromatic heterocycles. The fraction of sp³-hybridized carbons (Fsp3) is 0.556. The summed E-state index contributed by atoms with van der Waals surface area (Å²) in [7, 11) is 0. The number of halogens is 1. The summed E-state index contributed by atoms with van der Waals surface area (Å²) in [6.45, 7) is 4.50. The van der Waals surface area contributed by atoms with Crippen molar-refractivity contribution in [3.63, 3.8) is 0 Å². The summed E-state index contributed by atoms with van der Waals surface area (Å²) in [5.41, 5.74) is 0.940. The highest BCUT2D eigenvalue weighted by Gasteiger charge is 2.55. The molecule has 8 heteroatoms. The van der Waals surface area contributed by atoms with Crippen LogP contribution in [0.5, 0.6) is 5.75 Å². The lowest BCUT2D eigenvalue weighted by molar-refractivity contribution is -0.136. The topological polar surface area (TPSA) is 88.9 Å². The molecule has 1 amide bonds. The van der Waals surface area contributed by atoms with Gasteiger partial charge in [0.25, 0.3) is 5.91 Å². The Morgan fingerprint density at radius 1 is 1.14 bits per heavy atom. The summed E-state index contributed by atoms with van der Waals surface area (Å²) in [5.74, 6) is 2.16. The van der Waals surface area contributed by atoms with Crippen LogP contribution in [0.1, 0.15) is 49.5 Å². The van der Waals surface area contributed by atoms with Gasteiger partial charge in [0.1, 0.15) is 17.3 Å². The third-order valence-electron chi connectivity index (χ3n) is 8.72. The van der Waals surface area contributed by atoms with E-state index in [2.05, 4.69) is 22.0 Å². The molecule has 3 N–H and O–H groups in total. The fourth-order valence-corrected chi connectivity index (χ4v) is 7.55. The molecule has 0 radical (unpaired) electrons. The number of aromatic nitrogens is 1. The van der Waals surface area contributed by atoms with Gasteiger partial charge in [0.15, 0.2) is 0 Å². The van der Waals surface area contributed by atoms with Crippen LogP contribution < -0.4 is 15.1 Å². The molecule has 4 bridgehead atoms. The fourth-order valence-electron chi connectivity index (χ4n) is 7.38. The molecule has 4 aliphatic carbocycles. The van der Waals surface area contributed by atoms with E-state index in [1.54, 1.807) is 18.2 Å². The van der Waals surface area contributed by atoms with Crippen LogP contribution in [0.4, 0.5) is 11.5 Å². The minimum Gasteiger partial charge on any atom is -0.506 e.